The summed E-state index contributed by atoms with van der Waals surface area (Å²) < 4.78 is 0. The Morgan fingerprint density at radius 1 is 0.882 bits per heavy atom. The zero-order chi connectivity index (χ0) is 12.1. The van der Waals surface area contributed by atoms with E-state index in [1.807, 2.05) is 36.4 Å². The normalized spacial score (nSPS) is 9.65. The van der Waals surface area contributed by atoms with Gasteiger partial charge in [-0.15, -0.1) is 5.16 Å². The molecule has 1 aromatic heterocycles. The van der Waals surface area contributed by atoms with Crippen LogP contribution in [0.15, 0.2) is 59.8 Å². The largest absolute Gasteiger partial charge is 0.411 e. The summed E-state index contributed by atoms with van der Waals surface area (Å²) >= 11 is 0. The summed E-state index contributed by atoms with van der Waals surface area (Å²) in [5, 5.41) is 11.7. The first kappa shape index (κ1) is 11.1. The standard InChI is InChI=1S/C13H9N.CH3NO/c1-3-7-12-10(5-1)9-11-6-2-4-8-13(11)14-12;1-2-3/h1-9H;3H,1H2. The summed E-state index contributed by atoms with van der Waals surface area (Å²) in [5.41, 5.74) is 2.12. The van der Waals surface area contributed by atoms with E-state index in [0.717, 1.165) is 11.0 Å². The minimum absolute atomic E-state index is 1.06. The van der Waals surface area contributed by atoms with Crippen LogP contribution < -0.4 is 0 Å². The van der Waals surface area contributed by atoms with Gasteiger partial charge in [0.1, 0.15) is 0 Å². The minimum Gasteiger partial charge on any atom is -0.411 e. The molecule has 0 bridgehead atoms. The van der Waals surface area contributed by atoms with Gasteiger partial charge in [-0.1, -0.05) is 36.4 Å². The number of para-hydroxylation sites is 2. The lowest BCUT2D eigenvalue weighted by Crippen LogP contribution is -1.80. The third-order valence-electron chi connectivity index (χ3n) is 2.43. The molecule has 0 fully saturated rings. The fourth-order valence-electron chi connectivity index (χ4n) is 1.72. The average Bonchev–Trinajstić information content (AvgIpc) is 2.37. The van der Waals surface area contributed by atoms with E-state index in [2.05, 4.69) is 35.1 Å². The summed E-state index contributed by atoms with van der Waals surface area (Å²) in [6.07, 6.45) is 0. The zero-order valence-corrected chi connectivity index (χ0v) is 9.24. The van der Waals surface area contributed by atoms with Gasteiger partial charge in [-0.3, -0.25) is 0 Å². The van der Waals surface area contributed by atoms with E-state index in [-0.39, 0.29) is 0 Å². The number of fused-ring (bicyclic) bond motifs is 2. The van der Waals surface area contributed by atoms with Gasteiger partial charge in [-0.05, 0) is 18.2 Å². The number of hydrogen-bond acceptors (Lipinski definition) is 3. The molecule has 0 aliphatic carbocycles. The van der Waals surface area contributed by atoms with Gasteiger partial charge in [0.15, 0.2) is 0 Å². The summed E-state index contributed by atoms with van der Waals surface area (Å²) in [7, 11) is 0. The van der Waals surface area contributed by atoms with Crippen molar-refractivity contribution in [3.8, 4) is 0 Å². The Hall–Kier alpha value is -2.42. The van der Waals surface area contributed by atoms with Crippen molar-refractivity contribution < 1.29 is 5.21 Å². The van der Waals surface area contributed by atoms with E-state index in [9.17, 15) is 0 Å². The summed E-state index contributed by atoms with van der Waals surface area (Å²) in [4.78, 5) is 4.58. The molecule has 0 atom stereocenters. The van der Waals surface area contributed by atoms with Crippen molar-refractivity contribution in [1.29, 1.82) is 0 Å². The third-order valence-corrected chi connectivity index (χ3v) is 2.43. The molecule has 0 amide bonds. The van der Waals surface area contributed by atoms with Crippen LogP contribution in [0, 0.1) is 0 Å². The third kappa shape index (κ3) is 2.39. The Kier molecular flexibility index (Phi) is 3.31. The molecule has 0 spiro atoms. The van der Waals surface area contributed by atoms with E-state index >= 15 is 0 Å². The van der Waals surface area contributed by atoms with Gasteiger partial charge in [0.05, 0.1) is 11.0 Å². The Labute approximate surface area is 99.0 Å². The molecule has 1 N–H and O–H groups in total. The highest BCUT2D eigenvalue weighted by Gasteiger charge is 1.96. The SMILES string of the molecule is C=NO.c1ccc2nc3ccccc3cc2c1. The van der Waals surface area contributed by atoms with Crippen LogP contribution >= 0.6 is 0 Å². The van der Waals surface area contributed by atoms with Gasteiger partial charge < -0.3 is 5.21 Å². The molecule has 3 nitrogen and oxygen atoms in total. The molecular formula is C14H12N2O. The van der Waals surface area contributed by atoms with E-state index in [0.29, 0.717) is 0 Å². The van der Waals surface area contributed by atoms with Crippen LogP contribution in [-0.4, -0.2) is 16.9 Å². The number of aromatic nitrogens is 1. The van der Waals surface area contributed by atoms with Crippen molar-refractivity contribution in [2.24, 2.45) is 5.16 Å². The first-order valence-electron chi connectivity index (χ1n) is 5.20. The van der Waals surface area contributed by atoms with Crippen LogP contribution in [0.25, 0.3) is 21.8 Å². The van der Waals surface area contributed by atoms with Crippen LogP contribution in [0.4, 0.5) is 0 Å². The van der Waals surface area contributed by atoms with Gasteiger partial charge in [0.2, 0.25) is 0 Å². The Morgan fingerprint density at radius 3 is 1.76 bits per heavy atom. The van der Waals surface area contributed by atoms with Crippen LogP contribution in [0.5, 0.6) is 0 Å². The van der Waals surface area contributed by atoms with Gasteiger partial charge >= 0.3 is 0 Å². The molecule has 0 saturated heterocycles. The van der Waals surface area contributed by atoms with Crippen molar-refractivity contribution in [3.63, 3.8) is 0 Å². The molecule has 1 heterocycles. The first-order valence-corrected chi connectivity index (χ1v) is 5.20. The minimum atomic E-state index is 1.06. The molecule has 3 rings (SSSR count). The summed E-state index contributed by atoms with van der Waals surface area (Å²) in [6.45, 7) is 2.67. The van der Waals surface area contributed by atoms with Crippen LogP contribution in [0.3, 0.4) is 0 Å². The van der Waals surface area contributed by atoms with Gasteiger partial charge in [-0.2, -0.15) is 0 Å². The summed E-state index contributed by atoms with van der Waals surface area (Å²) in [6, 6.07) is 18.6. The van der Waals surface area contributed by atoms with Gasteiger partial charge in [0.25, 0.3) is 0 Å². The van der Waals surface area contributed by atoms with Crippen molar-refractivity contribution in [1.82, 2.24) is 4.98 Å². The number of rotatable bonds is 0. The molecule has 0 unspecified atom stereocenters. The fraction of sp³-hybridized carbons (Fsp3) is 0. The number of pyridine rings is 1. The van der Waals surface area contributed by atoms with Crippen LogP contribution in [-0.2, 0) is 0 Å². The predicted octanol–water partition coefficient (Wildman–Crippen LogP) is 3.46. The topological polar surface area (TPSA) is 45.5 Å². The predicted molar refractivity (Wildman–Crippen MR) is 70.6 cm³/mol. The van der Waals surface area contributed by atoms with Crippen LogP contribution in [0.1, 0.15) is 0 Å². The van der Waals surface area contributed by atoms with E-state index in [1.165, 1.54) is 10.8 Å². The monoisotopic (exact) mass is 224 g/mol. The van der Waals surface area contributed by atoms with Crippen LogP contribution in [0.2, 0.25) is 0 Å². The van der Waals surface area contributed by atoms with E-state index in [1.54, 1.807) is 0 Å². The zero-order valence-electron chi connectivity index (χ0n) is 9.24. The van der Waals surface area contributed by atoms with Crippen molar-refractivity contribution in [2.45, 2.75) is 0 Å². The van der Waals surface area contributed by atoms with Crippen molar-refractivity contribution in [2.75, 3.05) is 0 Å². The molecule has 0 saturated carbocycles. The maximum atomic E-state index is 7.08. The summed E-state index contributed by atoms with van der Waals surface area (Å²) in [5.74, 6) is 0. The molecule has 84 valence electrons. The number of hydrogen-bond donors (Lipinski definition) is 1. The lowest BCUT2D eigenvalue weighted by atomic mass is 10.1. The lowest BCUT2D eigenvalue weighted by Gasteiger charge is -1.99. The molecule has 0 aliphatic heterocycles. The smallest absolute Gasteiger partial charge is 0.0709 e. The van der Waals surface area contributed by atoms with Gasteiger partial charge in [0, 0.05) is 17.5 Å². The van der Waals surface area contributed by atoms with Crippen molar-refractivity contribution in [3.05, 3.63) is 54.6 Å². The molecule has 0 aliphatic rings. The van der Waals surface area contributed by atoms with Crippen molar-refractivity contribution >= 4 is 28.5 Å². The number of oxime groups is 1. The second-order valence-electron chi connectivity index (χ2n) is 3.52. The lowest BCUT2D eigenvalue weighted by molar-refractivity contribution is 0.323. The quantitative estimate of drug-likeness (QED) is 0.275. The highest BCUT2D eigenvalue weighted by molar-refractivity contribution is 5.92. The number of benzene rings is 2. The second kappa shape index (κ2) is 5.07. The first-order chi connectivity index (χ1) is 8.35. The maximum absolute atomic E-state index is 7.08. The molecule has 0 radical (unpaired) electrons. The molecule has 2 aromatic carbocycles. The molecule has 3 heteroatoms. The maximum Gasteiger partial charge on any atom is 0.0709 e. The highest BCUT2D eigenvalue weighted by atomic mass is 16.4. The Balaban J connectivity index is 0.000000329. The molecule has 17 heavy (non-hydrogen) atoms. The Bertz CT molecular complexity index is 545. The highest BCUT2D eigenvalue weighted by Crippen LogP contribution is 2.18. The molecule has 3 aromatic rings. The fourth-order valence-corrected chi connectivity index (χ4v) is 1.72. The van der Waals surface area contributed by atoms with E-state index < -0.39 is 0 Å². The second-order valence-corrected chi connectivity index (χ2v) is 3.52. The van der Waals surface area contributed by atoms with Gasteiger partial charge in [-0.25, -0.2) is 4.98 Å². The average molecular weight is 224 g/mol. The van der Waals surface area contributed by atoms with E-state index in [4.69, 9.17) is 5.21 Å². The number of nitrogens with zero attached hydrogens (tertiary/aromatic N) is 2. The molecular weight excluding hydrogens is 212 g/mol. The Morgan fingerprint density at radius 2 is 1.29 bits per heavy atom.